The van der Waals surface area contributed by atoms with Gasteiger partial charge in [-0.15, -0.1) is 11.3 Å². The molecule has 5 nitrogen and oxygen atoms in total. The Bertz CT molecular complexity index is 703. The fourth-order valence-electron chi connectivity index (χ4n) is 3.30. The predicted molar refractivity (Wildman–Crippen MR) is 102 cm³/mol. The average Bonchev–Trinajstić information content (AvgIpc) is 3.31. The van der Waals surface area contributed by atoms with E-state index in [0.717, 1.165) is 43.2 Å². The molecule has 2 aromatic heterocycles. The van der Waals surface area contributed by atoms with Gasteiger partial charge in [-0.25, -0.2) is 4.98 Å². The molecule has 25 heavy (non-hydrogen) atoms. The molecule has 1 atom stereocenters. The van der Waals surface area contributed by atoms with Crippen LogP contribution in [0.2, 0.25) is 0 Å². The van der Waals surface area contributed by atoms with Crippen LogP contribution >= 0.6 is 11.3 Å². The van der Waals surface area contributed by atoms with E-state index in [0.29, 0.717) is 12.6 Å². The molecule has 0 saturated heterocycles. The molecule has 0 aliphatic carbocycles. The van der Waals surface area contributed by atoms with E-state index in [9.17, 15) is 4.79 Å². The monoisotopic (exact) mass is 358 g/mol. The molecular formula is C19H26N4OS. The molecule has 0 radical (unpaired) electrons. The molecule has 2 aromatic rings. The van der Waals surface area contributed by atoms with E-state index in [2.05, 4.69) is 28.3 Å². The van der Waals surface area contributed by atoms with Crippen LogP contribution in [0.4, 0.5) is 0 Å². The minimum Gasteiger partial charge on any atom is -0.331 e. The summed E-state index contributed by atoms with van der Waals surface area (Å²) in [5, 5.41) is 2.02. The minimum absolute atomic E-state index is 0.0775. The molecule has 1 amide bonds. The molecule has 0 bridgehead atoms. The fraction of sp³-hybridized carbons (Fsp3) is 0.474. The van der Waals surface area contributed by atoms with Crippen molar-refractivity contribution in [3.05, 3.63) is 46.7 Å². The lowest BCUT2D eigenvalue weighted by atomic mass is 10.1. The smallest absolute Gasteiger partial charge is 0.247 e. The number of fused-ring (bicyclic) bond motifs is 1. The molecule has 0 saturated carbocycles. The van der Waals surface area contributed by atoms with Gasteiger partial charge < -0.3 is 14.4 Å². The van der Waals surface area contributed by atoms with Gasteiger partial charge in [0.05, 0.1) is 24.6 Å². The van der Waals surface area contributed by atoms with Crippen LogP contribution in [0.1, 0.15) is 36.9 Å². The topological polar surface area (TPSA) is 41.4 Å². The lowest BCUT2D eigenvalue weighted by molar-refractivity contribution is -0.128. The van der Waals surface area contributed by atoms with Gasteiger partial charge >= 0.3 is 0 Å². The van der Waals surface area contributed by atoms with Crippen molar-refractivity contribution in [1.29, 1.82) is 0 Å². The number of thiophene rings is 1. The standard InChI is InChI=1S/C19H26N4OS/c1-3-21(4-2)10-9-16-13-22(14-17-12-20-15-23(16)17)19(24)8-7-18-6-5-11-25-18/h5-8,11-12,15-16H,3-4,9-10,13-14H2,1-2H3/b8-7+/t16-/m0/s1. The largest absolute Gasteiger partial charge is 0.331 e. The van der Waals surface area contributed by atoms with Crippen molar-refractivity contribution < 1.29 is 4.79 Å². The maximum Gasteiger partial charge on any atom is 0.247 e. The first kappa shape index (κ1) is 17.9. The highest BCUT2D eigenvalue weighted by molar-refractivity contribution is 7.10. The predicted octanol–water partition coefficient (Wildman–Crippen LogP) is 3.27. The van der Waals surface area contributed by atoms with Crippen LogP contribution in [0.5, 0.6) is 0 Å². The van der Waals surface area contributed by atoms with Crippen LogP contribution in [0, 0.1) is 0 Å². The van der Waals surface area contributed by atoms with E-state index >= 15 is 0 Å². The summed E-state index contributed by atoms with van der Waals surface area (Å²) in [6.45, 7) is 8.94. The quantitative estimate of drug-likeness (QED) is 0.713. The van der Waals surface area contributed by atoms with Gasteiger partial charge in [0.25, 0.3) is 0 Å². The lowest BCUT2D eigenvalue weighted by Gasteiger charge is -2.35. The summed E-state index contributed by atoms with van der Waals surface area (Å²) in [5.41, 5.74) is 1.12. The van der Waals surface area contributed by atoms with Crippen molar-refractivity contribution >= 4 is 23.3 Å². The summed E-state index contributed by atoms with van der Waals surface area (Å²) in [7, 11) is 0. The number of aromatic nitrogens is 2. The van der Waals surface area contributed by atoms with Crippen LogP contribution in [0.25, 0.3) is 6.08 Å². The number of hydrogen-bond acceptors (Lipinski definition) is 4. The van der Waals surface area contributed by atoms with Crippen molar-refractivity contribution in [2.45, 2.75) is 32.9 Å². The van der Waals surface area contributed by atoms with E-state index in [1.54, 1.807) is 17.4 Å². The second kappa shape index (κ2) is 8.45. The van der Waals surface area contributed by atoms with E-state index < -0.39 is 0 Å². The second-order valence-electron chi connectivity index (χ2n) is 6.33. The first-order valence-electron chi connectivity index (χ1n) is 8.94. The zero-order valence-corrected chi connectivity index (χ0v) is 15.8. The van der Waals surface area contributed by atoms with Crippen molar-refractivity contribution in [3.63, 3.8) is 0 Å². The third-order valence-electron chi connectivity index (χ3n) is 4.84. The number of amides is 1. The van der Waals surface area contributed by atoms with E-state index in [1.165, 1.54) is 0 Å². The molecule has 0 aromatic carbocycles. The maximum atomic E-state index is 12.6. The fourth-order valence-corrected chi connectivity index (χ4v) is 3.92. The van der Waals surface area contributed by atoms with Crippen molar-refractivity contribution in [2.75, 3.05) is 26.2 Å². The molecule has 6 heteroatoms. The highest BCUT2D eigenvalue weighted by atomic mass is 32.1. The summed E-state index contributed by atoms with van der Waals surface area (Å²) in [4.78, 5) is 22.4. The molecule has 134 valence electrons. The Hall–Kier alpha value is -1.92. The molecule has 0 N–H and O–H groups in total. The van der Waals surface area contributed by atoms with Crippen molar-refractivity contribution in [2.24, 2.45) is 0 Å². The highest BCUT2D eigenvalue weighted by Crippen LogP contribution is 2.24. The van der Waals surface area contributed by atoms with Gasteiger partial charge in [0, 0.05) is 30.2 Å². The Morgan fingerprint density at radius 1 is 1.44 bits per heavy atom. The molecular weight excluding hydrogens is 332 g/mol. The third kappa shape index (κ3) is 4.38. The van der Waals surface area contributed by atoms with E-state index in [4.69, 9.17) is 0 Å². The Morgan fingerprint density at radius 3 is 3.00 bits per heavy atom. The summed E-state index contributed by atoms with van der Waals surface area (Å²) >= 11 is 1.64. The van der Waals surface area contributed by atoms with Gasteiger partial charge in [0.15, 0.2) is 0 Å². The molecule has 0 unspecified atom stereocenters. The SMILES string of the molecule is CCN(CC)CC[C@H]1CN(C(=O)/C=C/c2cccs2)Cc2cncn21. The summed E-state index contributed by atoms with van der Waals surface area (Å²) < 4.78 is 2.25. The Balaban J connectivity index is 1.67. The highest BCUT2D eigenvalue weighted by Gasteiger charge is 2.27. The van der Waals surface area contributed by atoms with Crippen LogP contribution in [-0.4, -0.2) is 51.4 Å². The van der Waals surface area contributed by atoms with Gasteiger partial charge in [-0.1, -0.05) is 19.9 Å². The van der Waals surface area contributed by atoms with Crippen LogP contribution in [0.15, 0.2) is 36.1 Å². The molecule has 3 heterocycles. The molecule has 1 aliphatic heterocycles. The molecule has 0 fully saturated rings. The molecule has 0 spiro atoms. The first-order valence-corrected chi connectivity index (χ1v) is 9.82. The van der Waals surface area contributed by atoms with Crippen molar-refractivity contribution in [1.82, 2.24) is 19.4 Å². The van der Waals surface area contributed by atoms with E-state index in [-0.39, 0.29) is 5.91 Å². The normalized spacial score (nSPS) is 17.4. The zero-order chi connectivity index (χ0) is 17.6. The summed E-state index contributed by atoms with van der Waals surface area (Å²) in [6.07, 6.45) is 8.42. The van der Waals surface area contributed by atoms with E-state index in [1.807, 2.05) is 41.0 Å². The number of rotatable bonds is 7. The van der Waals surface area contributed by atoms with Gasteiger partial charge in [-0.2, -0.15) is 0 Å². The first-order chi connectivity index (χ1) is 12.2. The third-order valence-corrected chi connectivity index (χ3v) is 5.68. The summed E-state index contributed by atoms with van der Waals surface area (Å²) in [5.74, 6) is 0.0775. The minimum atomic E-state index is 0.0775. The van der Waals surface area contributed by atoms with Crippen LogP contribution in [0.3, 0.4) is 0 Å². The zero-order valence-electron chi connectivity index (χ0n) is 15.0. The number of carbonyl (C=O) groups is 1. The molecule has 1 aliphatic rings. The number of carbonyl (C=O) groups excluding carboxylic acids is 1. The van der Waals surface area contributed by atoms with Crippen LogP contribution in [-0.2, 0) is 11.3 Å². The Morgan fingerprint density at radius 2 is 2.28 bits per heavy atom. The Kier molecular flexibility index (Phi) is 6.04. The second-order valence-corrected chi connectivity index (χ2v) is 7.31. The van der Waals surface area contributed by atoms with Gasteiger partial charge in [0.1, 0.15) is 0 Å². The van der Waals surface area contributed by atoms with Gasteiger partial charge in [-0.3, -0.25) is 4.79 Å². The van der Waals surface area contributed by atoms with Crippen LogP contribution < -0.4 is 0 Å². The van der Waals surface area contributed by atoms with Crippen molar-refractivity contribution in [3.8, 4) is 0 Å². The lowest BCUT2D eigenvalue weighted by Crippen LogP contribution is -2.41. The average molecular weight is 359 g/mol. The number of nitrogens with zero attached hydrogens (tertiary/aromatic N) is 4. The molecule has 3 rings (SSSR count). The Labute approximate surface area is 153 Å². The number of imidazole rings is 1. The van der Waals surface area contributed by atoms with Gasteiger partial charge in [-0.05, 0) is 37.0 Å². The summed E-state index contributed by atoms with van der Waals surface area (Å²) in [6, 6.07) is 4.32. The van der Waals surface area contributed by atoms with Gasteiger partial charge in [0.2, 0.25) is 5.91 Å². The number of hydrogen-bond donors (Lipinski definition) is 0. The maximum absolute atomic E-state index is 12.6.